The summed E-state index contributed by atoms with van der Waals surface area (Å²) in [5.74, 6) is 0.864. The van der Waals surface area contributed by atoms with Crippen LogP contribution in [0.4, 0.5) is 16.3 Å². The molecule has 1 saturated heterocycles. The minimum atomic E-state index is -0.886. The predicted molar refractivity (Wildman–Crippen MR) is 132 cm³/mol. The highest BCUT2D eigenvalue weighted by molar-refractivity contribution is 6.33. The molecule has 3 aromatic rings. The van der Waals surface area contributed by atoms with Crippen LogP contribution in [0, 0.1) is 0 Å². The molecule has 0 radical (unpaired) electrons. The van der Waals surface area contributed by atoms with Gasteiger partial charge in [-0.25, -0.2) is 4.79 Å². The van der Waals surface area contributed by atoms with Crippen molar-refractivity contribution >= 4 is 29.2 Å². The van der Waals surface area contributed by atoms with Gasteiger partial charge in [-0.3, -0.25) is 9.36 Å². The maximum absolute atomic E-state index is 11.8. The Labute approximate surface area is 208 Å². The second-order valence-electron chi connectivity index (χ2n) is 9.61. The molecule has 3 aliphatic heterocycles. The number of anilines is 2. The van der Waals surface area contributed by atoms with Crippen LogP contribution >= 0.6 is 11.6 Å². The van der Waals surface area contributed by atoms with Crippen molar-refractivity contribution in [3.05, 3.63) is 46.4 Å². The van der Waals surface area contributed by atoms with Crippen molar-refractivity contribution < 1.29 is 14.6 Å². The van der Waals surface area contributed by atoms with Crippen molar-refractivity contribution in [3.8, 4) is 11.1 Å². The summed E-state index contributed by atoms with van der Waals surface area (Å²) in [6, 6.07) is 4.49. The zero-order valence-corrected chi connectivity index (χ0v) is 20.5. The van der Waals surface area contributed by atoms with Crippen LogP contribution in [0.2, 0.25) is 5.02 Å². The highest BCUT2D eigenvalue weighted by Gasteiger charge is 2.34. The number of nitrogens with zero attached hydrogens (tertiary/aromatic N) is 6. The molecule has 9 nitrogen and oxygen atoms in total. The van der Waals surface area contributed by atoms with E-state index < -0.39 is 6.09 Å². The Kier molecular flexibility index (Phi) is 5.69. The number of carbonyl (C=O) groups is 1. The van der Waals surface area contributed by atoms with Crippen molar-refractivity contribution in [3.63, 3.8) is 0 Å². The molecule has 0 saturated carbocycles. The molecule has 0 atom stereocenters. The van der Waals surface area contributed by atoms with E-state index in [2.05, 4.69) is 20.7 Å². The molecular formula is C25H29ClN6O3. The minimum Gasteiger partial charge on any atom is -0.465 e. The van der Waals surface area contributed by atoms with Gasteiger partial charge in [0, 0.05) is 74.0 Å². The van der Waals surface area contributed by atoms with Crippen LogP contribution in [0.5, 0.6) is 0 Å². The Bertz CT molecular complexity index is 1280. The van der Waals surface area contributed by atoms with Crippen molar-refractivity contribution in [1.29, 1.82) is 0 Å². The smallest absolute Gasteiger partial charge is 0.407 e. The summed E-state index contributed by atoms with van der Waals surface area (Å²) in [5.41, 5.74) is 6.43. The van der Waals surface area contributed by atoms with E-state index in [1.807, 2.05) is 25.5 Å². The fraction of sp³-hybridized carbons (Fsp3) is 0.480. The maximum atomic E-state index is 11.8. The molecule has 0 bridgehead atoms. The Morgan fingerprint density at radius 2 is 2.03 bits per heavy atom. The Balaban J connectivity index is 1.44. The van der Waals surface area contributed by atoms with Gasteiger partial charge in [0.1, 0.15) is 0 Å². The molecule has 2 aromatic heterocycles. The first kappa shape index (κ1) is 22.4. The van der Waals surface area contributed by atoms with E-state index in [9.17, 15) is 9.90 Å². The number of aromatic nitrogens is 4. The normalized spacial score (nSPS) is 18.5. The lowest BCUT2D eigenvalue weighted by Gasteiger charge is -2.32. The van der Waals surface area contributed by atoms with E-state index in [0.29, 0.717) is 24.5 Å². The maximum Gasteiger partial charge on any atom is 0.407 e. The SMILES string of the molecule is Cn1cc(-c2cc3c(cc2Cl)N(c2nn(C4CCOCC4)c4c2CN(C(=O)O)CC4)CCC3)cn1. The van der Waals surface area contributed by atoms with Gasteiger partial charge in [-0.15, -0.1) is 0 Å². The summed E-state index contributed by atoms with van der Waals surface area (Å²) in [5, 5.41) is 19.8. The molecule has 0 aliphatic carbocycles. The summed E-state index contributed by atoms with van der Waals surface area (Å²) < 4.78 is 9.54. The zero-order valence-electron chi connectivity index (χ0n) is 19.8. The summed E-state index contributed by atoms with van der Waals surface area (Å²) in [6.45, 7) is 3.13. The third-order valence-corrected chi connectivity index (χ3v) is 7.74. The molecule has 1 N–H and O–H groups in total. The highest BCUT2D eigenvalue weighted by atomic mass is 35.5. The van der Waals surface area contributed by atoms with E-state index in [1.165, 1.54) is 10.5 Å². The van der Waals surface area contributed by atoms with Crippen LogP contribution in [0.3, 0.4) is 0 Å². The standard InChI is InChI=1S/C25H29ClN6O3/c1-29-14-17(13-27-29)19-11-16-3-2-7-31(23(16)12-21(19)26)24-20-15-30(25(33)34)8-4-22(20)32(28-24)18-5-9-35-10-6-18/h11-14,18H,2-10,15H2,1H3,(H,33,34). The second-order valence-corrected chi connectivity index (χ2v) is 10.0. The Morgan fingerprint density at radius 3 is 2.77 bits per heavy atom. The van der Waals surface area contributed by atoms with Crippen molar-refractivity contribution in [2.45, 2.75) is 44.7 Å². The van der Waals surface area contributed by atoms with Crippen molar-refractivity contribution in [2.24, 2.45) is 7.05 Å². The van der Waals surface area contributed by atoms with Gasteiger partial charge in [-0.05, 0) is 43.4 Å². The third-order valence-electron chi connectivity index (χ3n) is 7.43. The Hall–Kier alpha value is -3.04. The quantitative estimate of drug-likeness (QED) is 0.578. The van der Waals surface area contributed by atoms with Gasteiger partial charge in [0.25, 0.3) is 0 Å². The number of carboxylic acid groups (broad SMARTS) is 1. The van der Waals surface area contributed by atoms with Gasteiger partial charge in [-0.2, -0.15) is 10.2 Å². The van der Waals surface area contributed by atoms with Crippen LogP contribution in [0.25, 0.3) is 11.1 Å². The zero-order chi connectivity index (χ0) is 24.1. The van der Waals surface area contributed by atoms with E-state index in [1.54, 1.807) is 4.68 Å². The van der Waals surface area contributed by atoms with Crippen molar-refractivity contribution in [1.82, 2.24) is 24.5 Å². The van der Waals surface area contributed by atoms with E-state index in [4.69, 9.17) is 21.4 Å². The monoisotopic (exact) mass is 496 g/mol. The lowest BCUT2D eigenvalue weighted by atomic mass is 9.96. The lowest BCUT2D eigenvalue weighted by molar-refractivity contribution is 0.0650. The first-order chi connectivity index (χ1) is 17.0. The first-order valence-corrected chi connectivity index (χ1v) is 12.6. The number of fused-ring (bicyclic) bond motifs is 2. The van der Waals surface area contributed by atoms with Crippen LogP contribution in [-0.2, 0) is 31.2 Å². The number of ether oxygens (including phenoxy) is 1. The average Bonchev–Trinajstić information content (AvgIpc) is 3.47. The number of benzene rings is 1. The van der Waals surface area contributed by atoms with Crippen LogP contribution in [-0.4, -0.2) is 62.0 Å². The van der Waals surface area contributed by atoms with E-state index >= 15 is 0 Å². The van der Waals surface area contributed by atoms with Gasteiger partial charge in [0.2, 0.25) is 0 Å². The molecule has 5 heterocycles. The Morgan fingerprint density at radius 1 is 1.20 bits per heavy atom. The first-order valence-electron chi connectivity index (χ1n) is 12.2. The second kappa shape index (κ2) is 8.87. The van der Waals surface area contributed by atoms with Crippen molar-refractivity contribution in [2.75, 3.05) is 31.2 Å². The van der Waals surface area contributed by atoms with E-state index in [0.717, 1.165) is 79.3 Å². The van der Waals surface area contributed by atoms with Gasteiger partial charge < -0.3 is 19.6 Å². The topological polar surface area (TPSA) is 88.7 Å². The molecular weight excluding hydrogens is 468 g/mol. The molecule has 35 heavy (non-hydrogen) atoms. The van der Waals surface area contributed by atoms with Crippen LogP contribution in [0.15, 0.2) is 24.5 Å². The van der Waals surface area contributed by atoms with Gasteiger partial charge >= 0.3 is 6.09 Å². The van der Waals surface area contributed by atoms with Crippen LogP contribution < -0.4 is 4.90 Å². The number of aryl methyl sites for hydroxylation is 2. The number of hydrogen-bond donors (Lipinski definition) is 1. The third kappa shape index (κ3) is 3.96. The summed E-state index contributed by atoms with van der Waals surface area (Å²) in [6.07, 6.45) is 7.39. The molecule has 3 aliphatic rings. The summed E-state index contributed by atoms with van der Waals surface area (Å²) >= 11 is 6.80. The molecule has 6 rings (SSSR count). The lowest BCUT2D eigenvalue weighted by Crippen LogP contribution is -2.36. The summed E-state index contributed by atoms with van der Waals surface area (Å²) in [7, 11) is 1.90. The fourth-order valence-electron chi connectivity index (χ4n) is 5.65. The molecule has 1 aromatic carbocycles. The largest absolute Gasteiger partial charge is 0.465 e. The molecule has 10 heteroatoms. The predicted octanol–water partition coefficient (Wildman–Crippen LogP) is 4.41. The molecule has 184 valence electrons. The van der Waals surface area contributed by atoms with Gasteiger partial charge in [0.05, 0.1) is 23.8 Å². The minimum absolute atomic E-state index is 0.281. The van der Waals surface area contributed by atoms with Gasteiger partial charge in [0.15, 0.2) is 5.82 Å². The van der Waals surface area contributed by atoms with Crippen LogP contribution in [0.1, 0.15) is 42.1 Å². The molecule has 0 spiro atoms. The number of rotatable bonds is 3. The number of hydrogen-bond acceptors (Lipinski definition) is 5. The molecule has 1 fully saturated rings. The number of halogens is 1. The molecule has 1 amide bonds. The summed E-state index contributed by atoms with van der Waals surface area (Å²) in [4.78, 5) is 15.6. The average molecular weight is 497 g/mol. The van der Waals surface area contributed by atoms with E-state index in [-0.39, 0.29) is 6.04 Å². The number of amides is 1. The fourth-order valence-corrected chi connectivity index (χ4v) is 5.92. The van der Waals surface area contributed by atoms with Gasteiger partial charge in [-0.1, -0.05) is 11.6 Å². The highest BCUT2D eigenvalue weighted by Crippen LogP contribution is 2.42. The molecule has 0 unspecified atom stereocenters.